The van der Waals surface area contributed by atoms with E-state index in [1.165, 1.54) is 76.2 Å². The highest BCUT2D eigenvalue weighted by atomic mass is 16.4. The van der Waals surface area contributed by atoms with Crippen molar-refractivity contribution < 1.29 is 15.0 Å². The molecule has 3 heteroatoms. The number of carboxylic acids is 1. The molecule has 0 aliphatic heterocycles. The van der Waals surface area contributed by atoms with Gasteiger partial charge in [0.05, 0.1) is 0 Å². The van der Waals surface area contributed by atoms with E-state index in [4.69, 9.17) is 5.11 Å². The van der Waals surface area contributed by atoms with Gasteiger partial charge in [0.2, 0.25) is 0 Å². The Balaban J connectivity index is 0.000000431. The van der Waals surface area contributed by atoms with Crippen molar-refractivity contribution in [2.75, 3.05) is 0 Å². The molecule has 0 spiro atoms. The maximum atomic E-state index is 9.50. The topological polar surface area (TPSA) is 57.5 Å². The summed E-state index contributed by atoms with van der Waals surface area (Å²) in [5.74, 6) is -0.350. The van der Waals surface area contributed by atoms with E-state index in [0.29, 0.717) is 16.6 Å². The Bertz CT molecular complexity index is 537. The van der Waals surface area contributed by atoms with E-state index in [9.17, 15) is 9.90 Å². The molecule has 0 unspecified atom stereocenters. The summed E-state index contributed by atoms with van der Waals surface area (Å²) in [4.78, 5) is 9.37. The number of phenols is 1. The Labute approximate surface area is 158 Å². The van der Waals surface area contributed by atoms with Gasteiger partial charge in [0.1, 0.15) is 5.75 Å². The highest BCUT2D eigenvalue weighted by Crippen LogP contribution is 2.59. The van der Waals surface area contributed by atoms with Crippen LogP contribution in [0.5, 0.6) is 5.75 Å². The molecule has 0 amide bonds. The molecule has 1 aromatic carbocycles. The number of hydrogen-bond acceptors (Lipinski definition) is 2. The second-order valence-corrected chi connectivity index (χ2v) is 8.39. The quantitative estimate of drug-likeness (QED) is 0.550. The van der Waals surface area contributed by atoms with Crippen molar-refractivity contribution in [2.45, 2.75) is 96.3 Å². The van der Waals surface area contributed by atoms with E-state index in [1.54, 1.807) is 6.92 Å². The molecule has 0 radical (unpaired) electrons. The second-order valence-electron chi connectivity index (χ2n) is 8.39. The number of benzene rings is 1. The van der Waals surface area contributed by atoms with Crippen LogP contribution in [-0.4, -0.2) is 16.2 Å². The number of aromatic hydroxyl groups is 1. The molecular weight excluding hydrogens is 324 g/mol. The molecule has 3 aliphatic carbocycles. The average Bonchev–Trinajstić information content (AvgIpc) is 2.68. The molecule has 146 valence electrons. The summed E-state index contributed by atoms with van der Waals surface area (Å²) in [6.45, 7) is 3.90. The van der Waals surface area contributed by atoms with Crippen LogP contribution in [0.15, 0.2) is 24.3 Å². The predicted octanol–water partition coefficient (Wildman–Crippen LogP) is 6.44. The summed E-state index contributed by atoms with van der Waals surface area (Å²) in [6.07, 6.45) is 15.7. The van der Waals surface area contributed by atoms with Gasteiger partial charge in [-0.05, 0) is 73.5 Å². The minimum Gasteiger partial charge on any atom is -0.508 e. The van der Waals surface area contributed by atoms with Gasteiger partial charge in [0, 0.05) is 6.42 Å². The van der Waals surface area contributed by atoms with Gasteiger partial charge in [0.15, 0.2) is 0 Å². The lowest BCUT2D eigenvalue weighted by Crippen LogP contribution is -2.44. The van der Waals surface area contributed by atoms with Crippen molar-refractivity contribution >= 4 is 5.97 Å². The molecule has 0 saturated heterocycles. The number of rotatable bonds is 7. The first-order chi connectivity index (χ1) is 12.5. The molecule has 4 rings (SSSR count). The van der Waals surface area contributed by atoms with Gasteiger partial charge >= 0.3 is 5.97 Å². The average molecular weight is 361 g/mol. The fourth-order valence-corrected chi connectivity index (χ4v) is 4.81. The number of carbonyl (C=O) groups is 1. The zero-order valence-corrected chi connectivity index (χ0v) is 16.6. The zero-order chi connectivity index (χ0) is 19.0. The summed E-state index contributed by atoms with van der Waals surface area (Å²) in [5, 5.41) is 17.2. The molecule has 0 aromatic heterocycles. The van der Waals surface area contributed by atoms with Crippen LogP contribution in [0.25, 0.3) is 0 Å². The lowest BCUT2D eigenvalue weighted by Gasteiger charge is -2.54. The van der Waals surface area contributed by atoms with Crippen LogP contribution < -0.4 is 0 Å². The fourth-order valence-electron chi connectivity index (χ4n) is 4.81. The van der Waals surface area contributed by atoms with E-state index in [0.717, 1.165) is 0 Å². The number of unbranched alkanes of at least 4 members (excludes halogenated alkanes) is 3. The third-order valence-corrected chi connectivity index (χ3v) is 6.74. The highest BCUT2D eigenvalue weighted by Gasteiger charge is 2.48. The Morgan fingerprint density at radius 1 is 0.923 bits per heavy atom. The van der Waals surface area contributed by atoms with Gasteiger partial charge < -0.3 is 10.2 Å². The summed E-state index contributed by atoms with van der Waals surface area (Å²) in [5.41, 5.74) is 2.59. The summed E-state index contributed by atoms with van der Waals surface area (Å²) < 4.78 is 0. The number of phenolic OH excluding ortho intramolecular Hbond substituents is 1. The number of aliphatic carboxylic acids is 1. The monoisotopic (exact) mass is 360 g/mol. The minimum absolute atomic E-state index is 0.222. The first-order valence-corrected chi connectivity index (χ1v) is 10.5. The zero-order valence-electron chi connectivity index (χ0n) is 16.6. The third-order valence-electron chi connectivity index (χ3n) is 6.74. The van der Waals surface area contributed by atoms with Crippen molar-refractivity contribution in [3.63, 3.8) is 0 Å². The standard InChI is InChI=1S/C20H30O.C3H6O2/c1-2-3-4-5-10-19-11-14-20(15-12-19,16-13-19)17-6-8-18(21)9-7-17;1-2-3(4)5/h6-9,21H,2-5,10-16H2,1H3;2H2,1H3,(H,4,5). The molecule has 26 heavy (non-hydrogen) atoms. The van der Waals surface area contributed by atoms with Crippen LogP contribution >= 0.6 is 0 Å². The second kappa shape index (κ2) is 9.43. The third kappa shape index (κ3) is 5.25. The number of fused-ring (bicyclic) bond motifs is 3. The number of carboxylic acid groups (broad SMARTS) is 1. The summed E-state index contributed by atoms with van der Waals surface area (Å²) in [6, 6.07) is 8.06. The van der Waals surface area contributed by atoms with Crippen LogP contribution in [0.2, 0.25) is 0 Å². The van der Waals surface area contributed by atoms with Crippen LogP contribution in [-0.2, 0) is 10.2 Å². The first kappa shape index (κ1) is 20.8. The molecule has 1 aromatic rings. The van der Waals surface area contributed by atoms with E-state index in [-0.39, 0.29) is 6.42 Å². The summed E-state index contributed by atoms with van der Waals surface area (Å²) >= 11 is 0. The maximum absolute atomic E-state index is 9.50. The first-order valence-electron chi connectivity index (χ1n) is 10.5. The van der Waals surface area contributed by atoms with E-state index in [1.807, 2.05) is 12.1 Å². The van der Waals surface area contributed by atoms with Crippen molar-refractivity contribution in [3.8, 4) is 5.75 Å². The Morgan fingerprint density at radius 3 is 1.92 bits per heavy atom. The highest BCUT2D eigenvalue weighted by molar-refractivity contribution is 5.66. The van der Waals surface area contributed by atoms with Crippen LogP contribution in [0.3, 0.4) is 0 Å². The molecule has 2 N–H and O–H groups in total. The molecular formula is C23H36O3. The molecule has 3 fully saturated rings. The Hall–Kier alpha value is -1.51. The lowest BCUT2D eigenvalue weighted by molar-refractivity contribution is -0.136. The Morgan fingerprint density at radius 2 is 1.46 bits per heavy atom. The van der Waals surface area contributed by atoms with Crippen molar-refractivity contribution in [1.82, 2.24) is 0 Å². The lowest BCUT2D eigenvalue weighted by atomic mass is 9.51. The normalized spacial score (nSPS) is 26.8. The SMILES string of the molecule is CCC(=O)O.CCCCCCC12CCC(c3ccc(O)cc3)(CC1)CC2. The molecule has 2 bridgehead atoms. The summed E-state index contributed by atoms with van der Waals surface area (Å²) in [7, 11) is 0. The van der Waals surface area contributed by atoms with E-state index >= 15 is 0 Å². The van der Waals surface area contributed by atoms with Gasteiger partial charge in [-0.2, -0.15) is 0 Å². The molecule has 3 aliphatic rings. The predicted molar refractivity (Wildman–Crippen MR) is 107 cm³/mol. The van der Waals surface area contributed by atoms with Crippen molar-refractivity contribution in [1.29, 1.82) is 0 Å². The van der Waals surface area contributed by atoms with Crippen LogP contribution in [0, 0.1) is 5.41 Å². The van der Waals surface area contributed by atoms with Gasteiger partial charge in [-0.3, -0.25) is 4.79 Å². The fraction of sp³-hybridized carbons (Fsp3) is 0.696. The van der Waals surface area contributed by atoms with Gasteiger partial charge in [-0.15, -0.1) is 0 Å². The van der Waals surface area contributed by atoms with Gasteiger partial charge in [-0.25, -0.2) is 0 Å². The molecule has 3 saturated carbocycles. The Kier molecular flexibility index (Phi) is 7.55. The van der Waals surface area contributed by atoms with E-state index < -0.39 is 5.97 Å². The molecule has 3 nitrogen and oxygen atoms in total. The van der Waals surface area contributed by atoms with E-state index in [2.05, 4.69) is 19.1 Å². The maximum Gasteiger partial charge on any atom is 0.303 e. The van der Waals surface area contributed by atoms with Crippen LogP contribution in [0.4, 0.5) is 0 Å². The van der Waals surface area contributed by atoms with Crippen molar-refractivity contribution in [3.05, 3.63) is 29.8 Å². The minimum atomic E-state index is -0.745. The van der Waals surface area contributed by atoms with Gasteiger partial charge in [-0.1, -0.05) is 51.7 Å². The largest absolute Gasteiger partial charge is 0.508 e. The molecule has 0 heterocycles. The number of hydrogen-bond donors (Lipinski definition) is 2. The molecule has 0 atom stereocenters. The van der Waals surface area contributed by atoms with Crippen molar-refractivity contribution in [2.24, 2.45) is 5.41 Å². The van der Waals surface area contributed by atoms with Gasteiger partial charge in [0.25, 0.3) is 0 Å². The van der Waals surface area contributed by atoms with Crippen LogP contribution in [0.1, 0.15) is 96.5 Å². The smallest absolute Gasteiger partial charge is 0.303 e.